The molecule has 1 N–H and O–H groups in total. The SMILES string of the molecule is Cc1ccc(C2OCCN2CCO)c(C)c1. The minimum Gasteiger partial charge on any atom is -0.395 e. The summed E-state index contributed by atoms with van der Waals surface area (Å²) in [6.45, 7) is 6.72. The Kier molecular flexibility index (Phi) is 3.59. The highest BCUT2D eigenvalue weighted by Gasteiger charge is 2.27. The van der Waals surface area contributed by atoms with E-state index in [2.05, 4.69) is 36.9 Å². The van der Waals surface area contributed by atoms with Crippen molar-refractivity contribution in [3.8, 4) is 0 Å². The van der Waals surface area contributed by atoms with Crippen LogP contribution in [0.5, 0.6) is 0 Å². The van der Waals surface area contributed by atoms with Crippen LogP contribution in [0.15, 0.2) is 18.2 Å². The molecule has 1 aromatic carbocycles. The third kappa shape index (κ3) is 2.26. The van der Waals surface area contributed by atoms with Gasteiger partial charge in [-0.3, -0.25) is 4.90 Å². The summed E-state index contributed by atoms with van der Waals surface area (Å²) in [7, 11) is 0. The van der Waals surface area contributed by atoms with Gasteiger partial charge in [0.2, 0.25) is 0 Å². The van der Waals surface area contributed by atoms with Gasteiger partial charge in [-0.25, -0.2) is 0 Å². The molecule has 3 nitrogen and oxygen atoms in total. The molecule has 0 amide bonds. The Balaban J connectivity index is 2.22. The number of aryl methyl sites for hydroxylation is 2. The zero-order chi connectivity index (χ0) is 11.5. The third-order valence-electron chi connectivity index (χ3n) is 3.06. The molecule has 88 valence electrons. The number of benzene rings is 1. The van der Waals surface area contributed by atoms with Crippen molar-refractivity contribution in [3.05, 3.63) is 34.9 Å². The number of hydrogen-bond donors (Lipinski definition) is 1. The first kappa shape index (κ1) is 11.6. The summed E-state index contributed by atoms with van der Waals surface area (Å²) >= 11 is 0. The van der Waals surface area contributed by atoms with Crippen molar-refractivity contribution in [1.82, 2.24) is 4.90 Å². The van der Waals surface area contributed by atoms with E-state index in [4.69, 9.17) is 9.84 Å². The fourth-order valence-electron chi connectivity index (χ4n) is 2.25. The van der Waals surface area contributed by atoms with Gasteiger partial charge in [-0.15, -0.1) is 0 Å². The molecule has 1 saturated heterocycles. The normalized spacial score (nSPS) is 21.6. The van der Waals surface area contributed by atoms with E-state index >= 15 is 0 Å². The molecule has 1 aliphatic heterocycles. The van der Waals surface area contributed by atoms with Gasteiger partial charge in [-0.1, -0.05) is 23.8 Å². The molecule has 0 radical (unpaired) electrons. The Morgan fingerprint density at radius 2 is 2.25 bits per heavy atom. The quantitative estimate of drug-likeness (QED) is 0.842. The van der Waals surface area contributed by atoms with E-state index in [-0.39, 0.29) is 12.8 Å². The lowest BCUT2D eigenvalue weighted by atomic mass is 10.0. The molecular formula is C13H19NO2. The molecule has 1 atom stereocenters. The van der Waals surface area contributed by atoms with Crippen molar-refractivity contribution in [2.45, 2.75) is 20.1 Å². The number of rotatable bonds is 3. The molecule has 16 heavy (non-hydrogen) atoms. The van der Waals surface area contributed by atoms with E-state index in [9.17, 15) is 0 Å². The average molecular weight is 221 g/mol. The maximum atomic E-state index is 9.01. The second kappa shape index (κ2) is 4.95. The monoisotopic (exact) mass is 221 g/mol. The predicted molar refractivity (Wildman–Crippen MR) is 63.3 cm³/mol. The van der Waals surface area contributed by atoms with Crippen LogP contribution in [0.4, 0.5) is 0 Å². The van der Waals surface area contributed by atoms with E-state index < -0.39 is 0 Å². The van der Waals surface area contributed by atoms with Crippen molar-refractivity contribution < 1.29 is 9.84 Å². The van der Waals surface area contributed by atoms with E-state index in [1.54, 1.807) is 0 Å². The van der Waals surface area contributed by atoms with E-state index in [1.807, 2.05) is 0 Å². The summed E-state index contributed by atoms with van der Waals surface area (Å²) < 4.78 is 5.74. The Labute approximate surface area is 96.6 Å². The average Bonchev–Trinajstić information content (AvgIpc) is 2.67. The molecule has 2 rings (SSSR count). The number of aliphatic hydroxyl groups excluding tert-OH is 1. The summed E-state index contributed by atoms with van der Waals surface area (Å²) in [5, 5.41) is 9.01. The number of nitrogens with zero attached hydrogens (tertiary/aromatic N) is 1. The van der Waals surface area contributed by atoms with Crippen LogP contribution >= 0.6 is 0 Å². The third-order valence-corrected chi connectivity index (χ3v) is 3.06. The molecule has 1 fully saturated rings. The van der Waals surface area contributed by atoms with Gasteiger partial charge in [0.05, 0.1) is 13.2 Å². The molecular weight excluding hydrogens is 202 g/mol. The molecule has 3 heteroatoms. The molecule has 1 aromatic rings. The molecule has 0 bridgehead atoms. The lowest BCUT2D eigenvalue weighted by molar-refractivity contribution is 0.0248. The van der Waals surface area contributed by atoms with Crippen molar-refractivity contribution >= 4 is 0 Å². The first-order chi connectivity index (χ1) is 7.72. The zero-order valence-electron chi connectivity index (χ0n) is 9.94. The maximum Gasteiger partial charge on any atom is 0.137 e. The fourth-order valence-corrected chi connectivity index (χ4v) is 2.25. The number of β-amino-alcohol motifs (C(OH)–C–C–N with tert-alkyl or cyclic N) is 1. The van der Waals surface area contributed by atoms with Crippen molar-refractivity contribution in [3.63, 3.8) is 0 Å². The molecule has 1 aliphatic rings. The van der Waals surface area contributed by atoms with Gasteiger partial charge in [0.25, 0.3) is 0 Å². The van der Waals surface area contributed by atoms with Gasteiger partial charge >= 0.3 is 0 Å². The van der Waals surface area contributed by atoms with Crippen LogP contribution in [0.25, 0.3) is 0 Å². The minimum absolute atomic E-state index is 0.0211. The summed E-state index contributed by atoms with van der Waals surface area (Å²) in [5.74, 6) is 0. The first-order valence-corrected chi connectivity index (χ1v) is 5.76. The standard InChI is InChI=1S/C13H19NO2/c1-10-3-4-12(11(2)9-10)13-14(5-7-15)6-8-16-13/h3-4,9,13,15H,5-8H2,1-2H3. The van der Waals surface area contributed by atoms with E-state index in [0.29, 0.717) is 6.54 Å². The Bertz CT molecular complexity index is 365. The lowest BCUT2D eigenvalue weighted by Crippen LogP contribution is -2.27. The summed E-state index contributed by atoms with van der Waals surface area (Å²) in [6.07, 6.45) is 0.0211. The smallest absolute Gasteiger partial charge is 0.137 e. The van der Waals surface area contributed by atoms with Crippen LogP contribution < -0.4 is 0 Å². The first-order valence-electron chi connectivity index (χ1n) is 5.76. The molecule has 1 unspecified atom stereocenters. The topological polar surface area (TPSA) is 32.7 Å². The van der Waals surface area contributed by atoms with E-state index in [1.165, 1.54) is 16.7 Å². The summed E-state index contributed by atoms with van der Waals surface area (Å²) in [5.41, 5.74) is 3.75. The van der Waals surface area contributed by atoms with Crippen LogP contribution in [0.2, 0.25) is 0 Å². The highest BCUT2D eigenvalue weighted by atomic mass is 16.5. The fraction of sp³-hybridized carbons (Fsp3) is 0.538. The van der Waals surface area contributed by atoms with E-state index in [0.717, 1.165) is 13.2 Å². The Morgan fingerprint density at radius 1 is 1.44 bits per heavy atom. The summed E-state index contributed by atoms with van der Waals surface area (Å²) in [6, 6.07) is 6.42. The van der Waals surface area contributed by atoms with Crippen molar-refractivity contribution in [2.75, 3.05) is 26.3 Å². The van der Waals surface area contributed by atoms with Gasteiger partial charge in [0.1, 0.15) is 6.23 Å². The largest absolute Gasteiger partial charge is 0.395 e. The molecule has 0 spiro atoms. The van der Waals surface area contributed by atoms with Crippen molar-refractivity contribution in [1.29, 1.82) is 0 Å². The molecule has 1 heterocycles. The second-order valence-corrected chi connectivity index (χ2v) is 4.34. The predicted octanol–water partition coefficient (Wildman–Crippen LogP) is 1.63. The van der Waals surface area contributed by atoms with Gasteiger partial charge in [-0.2, -0.15) is 0 Å². The van der Waals surface area contributed by atoms with Gasteiger partial charge < -0.3 is 9.84 Å². The van der Waals surface area contributed by atoms with Crippen LogP contribution in [-0.2, 0) is 4.74 Å². The minimum atomic E-state index is 0.0211. The second-order valence-electron chi connectivity index (χ2n) is 4.34. The van der Waals surface area contributed by atoms with Crippen molar-refractivity contribution in [2.24, 2.45) is 0 Å². The Hall–Kier alpha value is -0.900. The zero-order valence-corrected chi connectivity index (χ0v) is 9.94. The van der Waals surface area contributed by atoms with Gasteiger partial charge in [0, 0.05) is 13.1 Å². The Morgan fingerprint density at radius 3 is 2.94 bits per heavy atom. The van der Waals surface area contributed by atoms with Crippen LogP contribution in [0.3, 0.4) is 0 Å². The molecule has 0 aromatic heterocycles. The number of hydrogen-bond acceptors (Lipinski definition) is 3. The highest BCUT2D eigenvalue weighted by Crippen LogP contribution is 2.29. The summed E-state index contributed by atoms with van der Waals surface area (Å²) in [4.78, 5) is 2.18. The molecule has 0 aliphatic carbocycles. The van der Waals surface area contributed by atoms with Crippen LogP contribution in [0.1, 0.15) is 22.9 Å². The maximum absolute atomic E-state index is 9.01. The molecule has 0 saturated carbocycles. The lowest BCUT2D eigenvalue weighted by Gasteiger charge is -2.23. The van der Waals surface area contributed by atoms with Crippen LogP contribution in [0, 0.1) is 13.8 Å². The van der Waals surface area contributed by atoms with Gasteiger partial charge in [-0.05, 0) is 25.0 Å². The van der Waals surface area contributed by atoms with Gasteiger partial charge in [0.15, 0.2) is 0 Å². The highest BCUT2D eigenvalue weighted by molar-refractivity contribution is 5.32. The van der Waals surface area contributed by atoms with Crippen LogP contribution in [-0.4, -0.2) is 36.3 Å². The number of ether oxygens (including phenoxy) is 1. The number of aliphatic hydroxyl groups is 1.